The van der Waals surface area contributed by atoms with E-state index in [0.717, 1.165) is 11.6 Å². The number of benzene rings is 2. The van der Waals surface area contributed by atoms with Gasteiger partial charge in [0.2, 0.25) is 0 Å². The summed E-state index contributed by atoms with van der Waals surface area (Å²) in [6.45, 7) is 3.45. The summed E-state index contributed by atoms with van der Waals surface area (Å²) < 4.78 is 27.0. The molecule has 0 atom stereocenters. The Morgan fingerprint density at radius 1 is 0.941 bits per heavy atom. The van der Waals surface area contributed by atoms with E-state index >= 15 is 0 Å². The second kappa shape index (κ2) is 4.46. The first-order valence-electron chi connectivity index (χ1n) is 5.22. The van der Waals surface area contributed by atoms with Crippen molar-refractivity contribution < 1.29 is 8.78 Å². The molecule has 0 aliphatic rings. The number of halogens is 3. The summed E-state index contributed by atoms with van der Waals surface area (Å²) >= 11 is 6.07. The van der Waals surface area contributed by atoms with Crippen LogP contribution in [0.3, 0.4) is 0 Å². The van der Waals surface area contributed by atoms with Crippen molar-refractivity contribution in [2.24, 2.45) is 0 Å². The van der Waals surface area contributed by atoms with Gasteiger partial charge in [0.15, 0.2) is 0 Å². The van der Waals surface area contributed by atoms with E-state index in [9.17, 15) is 8.78 Å². The summed E-state index contributed by atoms with van der Waals surface area (Å²) in [5, 5.41) is 0.468. The van der Waals surface area contributed by atoms with E-state index in [1.807, 2.05) is 13.0 Å². The van der Waals surface area contributed by atoms with Gasteiger partial charge in [-0.3, -0.25) is 0 Å². The molecular formula is C14H11ClF2. The molecule has 0 saturated heterocycles. The Morgan fingerprint density at radius 3 is 2.29 bits per heavy atom. The Bertz CT molecular complexity index is 556. The highest BCUT2D eigenvalue weighted by atomic mass is 35.5. The monoisotopic (exact) mass is 252 g/mol. The molecule has 2 rings (SSSR count). The maximum atomic E-state index is 13.8. The van der Waals surface area contributed by atoms with Gasteiger partial charge in [0.1, 0.15) is 11.6 Å². The summed E-state index contributed by atoms with van der Waals surface area (Å²) in [6.07, 6.45) is 0. The summed E-state index contributed by atoms with van der Waals surface area (Å²) in [5.74, 6) is -1.14. The van der Waals surface area contributed by atoms with Gasteiger partial charge in [-0.25, -0.2) is 8.78 Å². The van der Waals surface area contributed by atoms with E-state index in [0.29, 0.717) is 21.7 Å². The molecule has 0 saturated carbocycles. The van der Waals surface area contributed by atoms with Gasteiger partial charge in [-0.15, -0.1) is 0 Å². The zero-order chi connectivity index (χ0) is 12.6. The molecule has 17 heavy (non-hydrogen) atoms. The molecule has 0 heterocycles. The van der Waals surface area contributed by atoms with Crippen LogP contribution in [0.5, 0.6) is 0 Å². The van der Waals surface area contributed by atoms with Gasteiger partial charge in [0.25, 0.3) is 0 Å². The van der Waals surface area contributed by atoms with Crippen LogP contribution in [0.4, 0.5) is 8.78 Å². The van der Waals surface area contributed by atoms with E-state index in [1.165, 1.54) is 6.07 Å². The van der Waals surface area contributed by atoms with Crippen molar-refractivity contribution in [1.82, 2.24) is 0 Å². The van der Waals surface area contributed by atoms with Crippen LogP contribution >= 0.6 is 11.6 Å². The first kappa shape index (κ1) is 12.1. The van der Waals surface area contributed by atoms with Crippen LogP contribution in [0.15, 0.2) is 30.3 Å². The Labute approximate surface area is 104 Å². The molecule has 0 aromatic heterocycles. The SMILES string of the molecule is Cc1cc(-c2c(C)cccc2Cl)c(F)cc1F. The van der Waals surface area contributed by atoms with Crippen molar-refractivity contribution >= 4 is 11.6 Å². The second-order valence-corrected chi connectivity index (χ2v) is 4.42. The fraction of sp³-hybridized carbons (Fsp3) is 0.143. The van der Waals surface area contributed by atoms with Gasteiger partial charge < -0.3 is 0 Å². The third-order valence-corrected chi connectivity index (χ3v) is 3.05. The predicted octanol–water partition coefficient (Wildman–Crippen LogP) is 4.90. The Morgan fingerprint density at radius 2 is 1.65 bits per heavy atom. The van der Waals surface area contributed by atoms with Crippen molar-refractivity contribution in [2.45, 2.75) is 13.8 Å². The highest BCUT2D eigenvalue weighted by Crippen LogP contribution is 2.33. The third kappa shape index (κ3) is 2.18. The molecule has 2 aromatic carbocycles. The predicted molar refractivity (Wildman–Crippen MR) is 66.3 cm³/mol. The van der Waals surface area contributed by atoms with Crippen LogP contribution in [0, 0.1) is 25.5 Å². The van der Waals surface area contributed by atoms with Gasteiger partial charge in [-0.05, 0) is 37.1 Å². The second-order valence-electron chi connectivity index (χ2n) is 4.01. The lowest BCUT2D eigenvalue weighted by Gasteiger charge is -2.10. The first-order valence-corrected chi connectivity index (χ1v) is 5.59. The minimum atomic E-state index is -0.593. The standard InChI is InChI=1S/C14H11ClF2/c1-8-4-3-5-11(15)14(8)10-6-9(2)12(16)7-13(10)17/h3-7H,1-2H3. The zero-order valence-electron chi connectivity index (χ0n) is 9.52. The molecule has 0 N–H and O–H groups in total. The van der Waals surface area contributed by atoms with Gasteiger partial charge in [0.05, 0.1) is 0 Å². The van der Waals surface area contributed by atoms with E-state index in [-0.39, 0.29) is 0 Å². The molecule has 0 amide bonds. The van der Waals surface area contributed by atoms with Crippen LogP contribution in [-0.2, 0) is 0 Å². The normalized spacial score (nSPS) is 10.6. The van der Waals surface area contributed by atoms with Crippen molar-refractivity contribution in [3.8, 4) is 11.1 Å². The van der Waals surface area contributed by atoms with E-state index in [1.54, 1.807) is 19.1 Å². The maximum absolute atomic E-state index is 13.8. The van der Waals surface area contributed by atoms with Crippen molar-refractivity contribution in [1.29, 1.82) is 0 Å². The Kier molecular flexibility index (Phi) is 3.16. The average Bonchev–Trinajstić information content (AvgIpc) is 2.25. The summed E-state index contributed by atoms with van der Waals surface area (Å²) in [6, 6.07) is 7.73. The van der Waals surface area contributed by atoms with Gasteiger partial charge >= 0.3 is 0 Å². The lowest BCUT2D eigenvalue weighted by molar-refractivity contribution is 0.579. The number of aryl methyl sites for hydroxylation is 2. The quantitative estimate of drug-likeness (QED) is 0.677. The van der Waals surface area contributed by atoms with Crippen LogP contribution in [0.1, 0.15) is 11.1 Å². The summed E-state index contributed by atoms with van der Waals surface area (Å²) in [5.41, 5.74) is 2.23. The highest BCUT2D eigenvalue weighted by molar-refractivity contribution is 6.33. The largest absolute Gasteiger partial charge is 0.207 e. The average molecular weight is 253 g/mol. The van der Waals surface area contributed by atoms with Gasteiger partial charge in [-0.1, -0.05) is 23.7 Å². The third-order valence-electron chi connectivity index (χ3n) is 2.74. The molecule has 0 spiro atoms. The highest BCUT2D eigenvalue weighted by Gasteiger charge is 2.13. The maximum Gasteiger partial charge on any atom is 0.134 e. The summed E-state index contributed by atoms with van der Waals surface area (Å²) in [4.78, 5) is 0. The molecule has 0 radical (unpaired) electrons. The van der Waals surface area contributed by atoms with Gasteiger partial charge in [0, 0.05) is 22.2 Å². The molecule has 0 unspecified atom stereocenters. The molecule has 3 heteroatoms. The Balaban J connectivity index is 2.73. The molecule has 88 valence electrons. The first-order chi connectivity index (χ1) is 8.00. The smallest absolute Gasteiger partial charge is 0.134 e. The molecule has 0 nitrogen and oxygen atoms in total. The summed E-state index contributed by atoms with van der Waals surface area (Å²) in [7, 11) is 0. The minimum Gasteiger partial charge on any atom is -0.207 e. The molecule has 0 aliphatic heterocycles. The molecular weight excluding hydrogens is 242 g/mol. The lowest BCUT2D eigenvalue weighted by atomic mass is 9.98. The number of rotatable bonds is 1. The lowest BCUT2D eigenvalue weighted by Crippen LogP contribution is -1.93. The van der Waals surface area contributed by atoms with Crippen LogP contribution in [0.25, 0.3) is 11.1 Å². The molecule has 0 fully saturated rings. The van der Waals surface area contributed by atoms with Crippen LogP contribution in [0.2, 0.25) is 5.02 Å². The molecule has 2 aromatic rings. The fourth-order valence-corrected chi connectivity index (χ4v) is 2.15. The Hall–Kier alpha value is -1.41. The van der Waals surface area contributed by atoms with Crippen LogP contribution < -0.4 is 0 Å². The van der Waals surface area contributed by atoms with Crippen molar-refractivity contribution in [3.05, 3.63) is 58.1 Å². The van der Waals surface area contributed by atoms with Crippen molar-refractivity contribution in [3.63, 3.8) is 0 Å². The number of hydrogen-bond donors (Lipinski definition) is 0. The van der Waals surface area contributed by atoms with Crippen molar-refractivity contribution in [2.75, 3.05) is 0 Å². The van der Waals surface area contributed by atoms with E-state index < -0.39 is 11.6 Å². The van der Waals surface area contributed by atoms with Crippen LogP contribution in [-0.4, -0.2) is 0 Å². The fourth-order valence-electron chi connectivity index (χ4n) is 1.82. The van der Waals surface area contributed by atoms with E-state index in [4.69, 9.17) is 11.6 Å². The zero-order valence-corrected chi connectivity index (χ0v) is 10.3. The minimum absolute atomic E-state index is 0.340. The van der Waals surface area contributed by atoms with Gasteiger partial charge in [-0.2, -0.15) is 0 Å². The van der Waals surface area contributed by atoms with E-state index in [2.05, 4.69) is 0 Å². The topological polar surface area (TPSA) is 0 Å². The molecule has 0 bridgehead atoms. The number of hydrogen-bond acceptors (Lipinski definition) is 0. The molecule has 0 aliphatic carbocycles.